The third kappa shape index (κ3) is 3.46. The van der Waals surface area contributed by atoms with Gasteiger partial charge < -0.3 is 9.47 Å². The van der Waals surface area contributed by atoms with Crippen molar-refractivity contribution in [3.63, 3.8) is 0 Å². The molecule has 0 bridgehead atoms. The van der Waals surface area contributed by atoms with Crippen molar-refractivity contribution in [2.75, 3.05) is 20.3 Å². The molecule has 1 rings (SSSR count). The second-order valence-corrected chi connectivity index (χ2v) is 5.40. The minimum absolute atomic E-state index is 0.193. The molecule has 1 fully saturated rings. The van der Waals surface area contributed by atoms with Crippen LogP contribution in [0.1, 0.15) is 40.0 Å². The fraction of sp³-hybridized carbons (Fsp3) is 0.917. The Kier molecular flexibility index (Phi) is 4.33. The Morgan fingerprint density at radius 1 is 1.38 bits per heavy atom. The molecule has 0 amide bonds. The van der Waals surface area contributed by atoms with Crippen LogP contribution in [0, 0.1) is 0 Å². The highest BCUT2D eigenvalue weighted by molar-refractivity contribution is 5.81. The first-order valence-electron chi connectivity index (χ1n) is 5.87. The highest BCUT2D eigenvalue weighted by atomic mass is 16.6. The van der Waals surface area contributed by atoms with E-state index in [1.807, 2.05) is 20.8 Å². The maximum Gasteiger partial charge on any atom is 0.329 e. The quantitative estimate of drug-likeness (QED) is 0.745. The molecule has 0 aromatic heterocycles. The number of nitrogens with one attached hydrogen (secondary N) is 1. The van der Waals surface area contributed by atoms with Crippen LogP contribution in [0.15, 0.2) is 0 Å². The van der Waals surface area contributed by atoms with Crippen LogP contribution in [0.4, 0.5) is 0 Å². The third-order valence-electron chi connectivity index (χ3n) is 2.67. The van der Waals surface area contributed by atoms with Gasteiger partial charge in [0.15, 0.2) is 0 Å². The largest absolute Gasteiger partial charge is 0.459 e. The smallest absolute Gasteiger partial charge is 0.329 e. The number of carbonyl (C=O) groups is 1. The molecule has 0 spiro atoms. The van der Waals surface area contributed by atoms with Gasteiger partial charge in [0.2, 0.25) is 0 Å². The van der Waals surface area contributed by atoms with Crippen molar-refractivity contribution in [3.8, 4) is 0 Å². The minimum atomic E-state index is -0.639. The molecule has 0 aliphatic carbocycles. The average Bonchev–Trinajstić information content (AvgIpc) is 2.17. The zero-order valence-electron chi connectivity index (χ0n) is 10.8. The standard InChI is InChI=1S/C12H23NO3/c1-11(2,3)16-10(14)12(9-15-4)7-5-6-8-13-12/h13H,5-9H2,1-4H3/t12-/m0/s1. The van der Waals surface area contributed by atoms with Crippen molar-refractivity contribution >= 4 is 5.97 Å². The molecule has 0 saturated carbocycles. The Labute approximate surface area is 97.7 Å². The SMILES string of the molecule is COC[C@]1(C(=O)OC(C)(C)C)CCCCN1. The normalized spacial score (nSPS) is 26.5. The molecule has 4 nitrogen and oxygen atoms in total. The number of methoxy groups -OCH3 is 1. The second-order valence-electron chi connectivity index (χ2n) is 5.40. The van der Waals surface area contributed by atoms with Crippen LogP contribution in [-0.4, -0.2) is 37.4 Å². The van der Waals surface area contributed by atoms with Crippen molar-refractivity contribution in [1.29, 1.82) is 0 Å². The Morgan fingerprint density at radius 2 is 2.06 bits per heavy atom. The summed E-state index contributed by atoms with van der Waals surface area (Å²) >= 11 is 0. The van der Waals surface area contributed by atoms with E-state index in [9.17, 15) is 4.79 Å². The van der Waals surface area contributed by atoms with Crippen LogP contribution in [0.3, 0.4) is 0 Å². The van der Waals surface area contributed by atoms with E-state index in [-0.39, 0.29) is 5.97 Å². The molecule has 1 heterocycles. The molecule has 1 aliphatic rings. The Morgan fingerprint density at radius 3 is 2.50 bits per heavy atom. The highest BCUT2D eigenvalue weighted by Crippen LogP contribution is 2.23. The van der Waals surface area contributed by atoms with Crippen LogP contribution in [0.2, 0.25) is 0 Å². The van der Waals surface area contributed by atoms with Crippen LogP contribution in [-0.2, 0) is 14.3 Å². The first-order chi connectivity index (χ1) is 7.40. The zero-order chi connectivity index (χ0) is 12.2. The van der Waals surface area contributed by atoms with Gasteiger partial charge in [-0.1, -0.05) is 0 Å². The summed E-state index contributed by atoms with van der Waals surface area (Å²) in [6, 6.07) is 0. The van der Waals surface area contributed by atoms with E-state index < -0.39 is 11.1 Å². The van der Waals surface area contributed by atoms with Crippen molar-refractivity contribution in [3.05, 3.63) is 0 Å². The van der Waals surface area contributed by atoms with Crippen molar-refractivity contribution in [2.24, 2.45) is 0 Å². The molecule has 1 aliphatic heterocycles. The molecule has 1 N–H and O–H groups in total. The van der Waals surface area contributed by atoms with Crippen molar-refractivity contribution < 1.29 is 14.3 Å². The predicted molar refractivity (Wildman–Crippen MR) is 62.3 cm³/mol. The molecule has 0 unspecified atom stereocenters. The van der Waals surface area contributed by atoms with Crippen LogP contribution >= 0.6 is 0 Å². The van der Waals surface area contributed by atoms with Crippen molar-refractivity contribution in [1.82, 2.24) is 5.32 Å². The molecule has 1 atom stereocenters. The summed E-state index contributed by atoms with van der Waals surface area (Å²) in [4.78, 5) is 12.2. The van der Waals surface area contributed by atoms with Gasteiger partial charge in [0.25, 0.3) is 0 Å². The van der Waals surface area contributed by atoms with E-state index >= 15 is 0 Å². The number of esters is 1. The Bertz CT molecular complexity index is 234. The summed E-state index contributed by atoms with van der Waals surface area (Å²) in [7, 11) is 1.61. The summed E-state index contributed by atoms with van der Waals surface area (Å²) in [6.45, 7) is 6.88. The lowest BCUT2D eigenvalue weighted by atomic mass is 9.89. The number of rotatable bonds is 3. The highest BCUT2D eigenvalue weighted by Gasteiger charge is 2.42. The molecule has 4 heteroatoms. The van der Waals surface area contributed by atoms with E-state index in [1.165, 1.54) is 0 Å². The molecule has 16 heavy (non-hydrogen) atoms. The predicted octanol–water partition coefficient (Wildman–Crippen LogP) is 1.49. The van der Waals surface area contributed by atoms with Crippen LogP contribution in [0.25, 0.3) is 0 Å². The van der Waals surface area contributed by atoms with Gasteiger partial charge in [-0.15, -0.1) is 0 Å². The monoisotopic (exact) mass is 229 g/mol. The number of hydrogen-bond acceptors (Lipinski definition) is 4. The number of piperidine rings is 1. The summed E-state index contributed by atoms with van der Waals surface area (Å²) in [5.41, 5.74) is -1.09. The van der Waals surface area contributed by atoms with Gasteiger partial charge in [-0.05, 0) is 46.6 Å². The summed E-state index contributed by atoms with van der Waals surface area (Å²) in [5.74, 6) is -0.193. The lowest BCUT2D eigenvalue weighted by Gasteiger charge is -2.37. The van der Waals surface area contributed by atoms with Gasteiger partial charge in [-0.2, -0.15) is 0 Å². The number of carbonyl (C=O) groups excluding carboxylic acids is 1. The van der Waals surface area contributed by atoms with E-state index in [1.54, 1.807) is 7.11 Å². The molecular formula is C12H23NO3. The molecule has 0 radical (unpaired) electrons. The summed E-state index contributed by atoms with van der Waals surface area (Å²) in [6.07, 6.45) is 2.93. The lowest BCUT2D eigenvalue weighted by molar-refractivity contribution is -0.167. The molecule has 94 valence electrons. The Balaban J connectivity index is 2.72. The fourth-order valence-corrected chi connectivity index (χ4v) is 1.95. The second kappa shape index (κ2) is 5.15. The van der Waals surface area contributed by atoms with Gasteiger partial charge in [-0.25, -0.2) is 4.79 Å². The Hall–Kier alpha value is -0.610. The zero-order valence-corrected chi connectivity index (χ0v) is 10.8. The molecule has 1 saturated heterocycles. The maximum absolute atomic E-state index is 12.2. The lowest BCUT2D eigenvalue weighted by Crippen LogP contribution is -2.59. The molecule has 0 aromatic rings. The summed E-state index contributed by atoms with van der Waals surface area (Å²) in [5, 5.41) is 3.26. The topological polar surface area (TPSA) is 47.6 Å². The first-order valence-corrected chi connectivity index (χ1v) is 5.87. The fourth-order valence-electron chi connectivity index (χ4n) is 1.95. The van der Waals surface area contributed by atoms with Gasteiger partial charge >= 0.3 is 5.97 Å². The van der Waals surface area contributed by atoms with E-state index in [2.05, 4.69) is 5.32 Å². The van der Waals surface area contributed by atoms with Crippen LogP contribution in [0.5, 0.6) is 0 Å². The van der Waals surface area contributed by atoms with Gasteiger partial charge in [-0.3, -0.25) is 5.32 Å². The number of hydrogen-bond donors (Lipinski definition) is 1. The van der Waals surface area contributed by atoms with Crippen LogP contribution < -0.4 is 5.32 Å². The molecule has 0 aromatic carbocycles. The van der Waals surface area contributed by atoms with Gasteiger partial charge in [0, 0.05) is 7.11 Å². The number of ether oxygens (including phenoxy) is 2. The van der Waals surface area contributed by atoms with E-state index in [0.717, 1.165) is 25.8 Å². The minimum Gasteiger partial charge on any atom is -0.459 e. The van der Waals surface area contributed by atoms with Crippen molar-refractivity contribution in [2.45, 2.75) is 51.2 Å². The van der Waals surface area contributed by atoms with Gasteiger partial charge in [0.05, 0.1) is 6.61 Å². The average molecular weight is 229 g/mol. The summed E-state index contributed by atoms with van der Waals surface area (Å²) < 4.78 is 10.6. The first kappa shape index (κ1) is 13.5. The van der Waals surface area contributed by atoms with Gasteiger partial charge in [0.1, 0.15) is 11.1 Å². The molecular weight excluding hydrogens is 206 g/mol. The third-order valence-corrected chi connectivity index (χ3v) is 2.67. The van der Waals surface area contributed by atoms with E-state index in [4.69, 9.17) is 9.47 Å². The van der Waals surface area contributed by atoms with E-state index in [0.29, 0.717) is 6.61 Å². The maximum atomic E-state index is 12.2.